The number of rotatable bonds is 4. The van der Waals surface area contributed by atoms with E-state index < -0.39 is 0 Å². The van der Waals surface area contributed by atoms with Gasteiger partial charge in [-0.05, 0) is 31.7 Å². The summed E-state index contributed by atoms with van der Waals surface area (Å²) in [6.07, 6.45) is 3.89. The lowest BCUT2D eigenvalue weighted by Crippen LogP contribution is -2.38. The van der Waals surface area contributed by atoms with Crippen LogP contribution in [0.3, 0.4) is 0 Å². The lowest BCUT2D eigenvalue weighted by atomic mass is 10.1. The third-order valence-corrected chi connectivity index (χ3v) is 4.22. The van der Waals surface area contributed by atoms with Crippen LogP contribution >= 0.6 is 0 Å². The second-order valence-electron chi connectivity index (χ2n) is 6.03. The zero-order valence-corrected chi connectivity index (χ0v) is 11.7. The maximum Gasteiger partial charge on any atom is 0.238 e. The van der Waals surface area contributed by atoms with Crippen molar-refractivity contribution >= 4 is 5.91 Å². The molecule has 0 radical (unpaired) electrons. The first-order valence-corrected chi connectivity index (χ1v) is 7.26. The molecule has 1 amide bonds. The largest absolute Gasteiger partial charge is 0.319 e. The number of amides is 1. The first kappa shape index (κ1) is 12.7. The second-order valence-corrected chi connectivity index (χ2v) is 6.03. The van der Waals surface area contributed by atoms with Crippen molar-refractivity contribution in [2.45, 2.75) is 45.3 Å². The van der Waals surface area contributed by atoms with Gasteiger partial charge >= 0.3 is 0 Å². The standard InChI is InChI=1S/C16H22N2O/c1-11-4-3-5-14(8-11)16-17-10-15(19)18(16)12(2)9-13-6-7-13/h3-5,8,12-13,16-17H,6-7,9-10H2,1-2H3. The van der Waals surface area contributed by atoms with Gasteiger partial charge in [0.1, 0.15) is 6.17 Å². The van der Waals surface area contributed by atoms with Crippen molar-refractivity contribution in [1.29, 1.82) is 0 Å². The van der Waals surface area contributed by atoms with Gasteiger partial charge in [-0.25, -0.2) is 0 Å². The van der Waals surface area contributed by atoms with Crippen LogP contribution in [0.2, 0.25) is 0 Å². The highest BCUT2D eigenvalue weighted by Gasteiger charge is 2.37. The SMILES string of the molecule is Cc1cccc(C2NCC(=O)N2C(C)CC2CC2)c1. The molecular formula is C16H22N2O. The summed E-state index contributed by atoms with van der Waals surface area (Å²) in [7, 11) is 0. The fraction of sp³-hybridized carbons (Fsp3) is 0.562. The monoisotopic (exact) mass is 258 g/mol. The van der Waals surface area contributed by atoms with E-state index in [-0.39, 0.29) is 12.1 Å². The molecule has 2 aliphatic rings. The number of nitrogens with one attached hydrogen (secondary N) is 1. The van der Waals surface area contributed by atoms with Crippen LogP contribution in [0.1, 0.15) is 43.5 Å². The Kier molecular flexibility index (Phi) is 3.31. The number of carbonyl (C=O) groups excluding carboxylic acids is 1. The number of hydrogen-bond acceptors (Lipinski definition) is 2. The minimum Gasteiger partial charge on any atom is -0.319 e. The summed E-state index contributed by atoms with van der Waals surface area (Å²) in [6.45, 7) is 4.75. The predicted octanol–water partition coefficient (Wildman–Crippen LogP) is 2.61. The van der Waals surface area contributed by atoms with E-state index in [4.69, 9.17) is 0 Å². The van der Waals surface area contributed by atoms with Gasteiger partial charge in [0.25, 0.3) is 0 Å². The predicted molar refractivity (Wildman–Crippen MR) is 75.6 cm³/mol. The average molecular weight is 258 g/mol. The molecule has 1 saturated heterocycles. The van der Waals surface area contributed by atoms with Gasteiger partial charge in [-0.3, -0.25) is 10.1 Å². The summed E-state index contributed by atoms with van der Waals surface area (Å²) in [5.41, 5.74) is 2.45. The summed E-state index contributed by atoms with van der Waals surface area (Å²) in [5, 5.41) is 3.35. The molecule has 2 unspecified atom stereocenters. The van der Waals surface area contributed by atoms with E-state index in [0.29, 0.717) is 12.6 Å². The lowest BCUT2D eigenvalue weighted by molar-refractivity contribution is -0.130. The van der Waals surface area contributed by atoms with Crippen LogP contribution in [0.5, 0.6) is 0 Å². The Balaban J connectivity index is 1.80. The van der Waals surface area contributed by atoms with Gasteiger partial charge in [0.05, 0.1) is 6.54 Å². The van der Waals surface area contributed by atoms with Crippen molar-refractivity contribution < 1.29 is 4.79 Å². The molecule has 0 bridgehead atoms. The fourth-order valence-corrected chi connectivity index (χ4v) is 3.09. The highest BCUT2D eigenvalue weighted by atomic mass is 16.2. The van der Waals surface area contributed by atoms with Crippen LogP contribution in [0.25, 0.3) is 0 Å². The molecule has 3 rings (SSSR count). The number of benzene rings is 1. The molecule has 1 aliphatic heterocycles. The molecular weight excluding hydrogens is 236 g/mol. The normalized spacial score (nSPS) is 24.8. The number of aryl methyl sites for hydroxylation is 1. The summed E-state index contributed by atoms with van der Waals surface area (Å²) >= 11 is 0. The highest BCUT2D eigenvalue weighted by Crippen LogP contribution is 2.36. The molecule has 102 valence electrons. The Morgan fingerprint density at radius 3 is 2.89 bits per heavy atom. The summed E-state index contributed by atoms with van der Waals surface area (Å²) < 4.78 is 0. The van der Waals surface area contributed by atoms with E-state index in [2.05, 4.69) is 43.4 Å². The fourth-order valence-electron chi connectivity index (χ4n) is 3.09. The summed E-state index contributed by atoms with van der Waals surface area (Å²) in [4.78, 5) is 14.2. The van der Waals surface area contributed by atoms with Gasteiger partial charge in [0.15, 0.2) is 0 Å². The second kappa shape index (κ2) is 4.97. The molecule has 3 nitrogen and oxygen atoms in total. The third-order valence-electron chi connectivity index (χ3n) is 4.22. The third kappa shape index (κ3) is 2.66. The van der Waals surface area contributed by atoms with E-state index in [1.165, 1.54) is 24.0 Å². The minimum atomic E-state index is 0.0566. The van der Waals surface area contributed by atoms with Crippen molar-refractivity contribution in [2.24, 2.45) is 5.92 Å². The number of nitrogens with zero attached hydrogens (tertiary/aromatic N) is 1. The quantitative estimate of drug-likeness (QED) is 0.900. The van der Waals surface area contributed by atoms with Crippen LogP contribution in [-0.4, -0.2) is 23.4 Å². The first-order chi connectivity index (χ1) is 9.15. The molecule has 0 spiro atoms. The Hall–Kier alpha value is -1.35. The zero-order chi connectivity index (χ0) is 13.4. The maximum atomic E-state index is 12.1. The number of carbonyl (C=O) groups is 1. The van der Waals surface area contributed by atoms with Crippen LogP contribution in [0.4, 0.5) is 0 Å². The number of hydrogen-bond donors (Lipinski definition) is 1. The molecule has 19 heavy (non-hydrogen) atoms. The van der Waals surface area contributed by atoms with Crippen molar-refractivity contribution in [3.63, 3.8) is 0 Å². The maximum absolute atomic E-state index is 12.1. The minimum absolute atomic E-state index is 0.0566. The van der Waals surface area contributed by atoms with Crippen molar-refractivity contribution in [2.75, 3.05) is 6.54 Å². The van der Waals surface area contributed by atoms with Crippen LogP contribution in [0.15, 0.2) is 24.3 Å². The Morgan fingerprint density at radius 2 is 2.21 bits per heavy atom. The molecule has 0 aromatic heterocycles. The Bertz CT molecular complexity index is 481. The van der Waals surface area contributed by atoms with Crippen LogP contribution < -0.4 is 5.32 Å². The zero-order valence-electron chi connectivity index (χ0n) is 11.7. The molecule has 1 aromatic rings. The molecule has 1 N–H and O–H groups in total. The highest BCUT2D eigenvalue weighted by molar-refractivity contribution is 5.81. The average Bonchev–Trinajstić information content (AvgIpc) is 3.09. The molecule has 2 fully saturated rings. The molecule has 1 aromatic carbocycles. The lowest BCUT2D eigenvalue weighted by Gasteiger charge is -2.31. The van der Waals surface area contributed by atoms with Crippen LogP contribution in [-0.2, 0) is 4.79 Å². The summed E-state index contributed by atoms with van der Waals surface area (Å²) in [5.74, 6) is 1.08. The van der Waals surface area contributed by atoms with Gasteiger partial charge in [-0.1, -0.05) is 42.7 Å². The molecule has 2 atom stereocenters. The van der Waals surface area contributed by atoms with E-state index in [1.807, 2.05) is 4.90 Å². The van der Waals surface area contributed by atoms with E-state index in [9.17, 15) is 4.79 Å². The van der Waals surface area contributed by atoms with E-state index in [0.717, 1.165) is 12.3 Å². The van der Waals surface area contributed by atoms with Gasteiger partial charge < -0.3 is 4.90 Å². The van der Waals surface area contributed by atoms with Gasteiger partial charge in [0, 0.05) is 6.04 Å². The van der Waals surface area contributed by atoms with Gasteiger partial charge in [-0.2, -0.15) is 0 Å². The topological polar surface area (TPSA) is 32.3 Å². The van der Waals surface area contributed by atoms with Crippen LogP contribution in [0, 0.1) is 12.8 Å². The Labute approximate surface area is 115 Å². The molecule has 1 heterocycles. The van der Waals surface area contributed by atoms with E-state index in [1.54, 1.807) is 0 Å². The first-order valence-electron chi connectivity index (χ1n) is 7.26. The van der Waals surface area contributed by atoms with Gasteiger partial charge in [0.2, 0.25) is 5.91 Å². The Morgan fingerprint density at radius 1 is 1.42 bits per heavy atom. The van der Waals surface area contributed by atoms with Crippen molar-refractivity contribution in [1.82, 2.24) is 10.2 Å². The van der Waals surface area contributed by atoms with Gasteiger partial charge in [-0.15, -0.1) is 0 Å². The smallest absolute Gasteiger partial charge is 0.238 e. The molecule has 1 saturated carbocycles. The molecule has 1 aliphatic carbocycles. The van der Waals surface area contributed by atoms with E-state index >= 15 is 0 Å². The van der Waals surface area contributed by atoms with Crippen molar-refractivity contribution in [3.8, 4) is 0 Å². The van der Waals surface area contributed by atoms with Crippen molar-refractivity contribution in [3.05, 3.63) is 35.4 Å². The molecule has 3 heteroatoms. The summed E-state index contributed by atoms with van der Waals surface area (Å²) in [6, 6.07) is 8.78.